The Morgan fingerprint density at radius 3 is 0.940 bits per heavy atom. The van der Waals surface area contributed by atoms with Gasteiger partial charge in [-0.15, -0.1) is 0 Å². The molecule has 3 N–H and O–H groups in total. The first kappa shape index (κ1) is 94.9. The molecule has 17 nitrogen and oxygen atoms in total. The highest BCUT2D eigenvalue weighted by Gasteiger charge is 2.30. The molecule has 0 saturated heterocycles. The number of phosphoric acid groups is 2. The van der Waals surface area contributed by atoms with Crippen molar-refractivity contribution in [2.45, 2.75) is 303 Å². The summed E-state index contributed by atoms with van der Waals surface area (Å²) in [6, 6.07) is 0. The van der Waals surface area contributed by atoms with E-state index in [1.54, 1.807) is 6.08 Å². The average Bonchev–Trinajstić information content (AvgIpc) is 0.935. The molecule has 0 spiro atoms. The quantitative estimate of drug-likeness (QED) is 0.0169. The number of allylic oxidation sites excluding steroid dienone is 23. The summed E-state index contributed by atoms with van der Waals surface area (Å²) in [4.78, 5) is 72.7. The molecule has 0 aliphatic carbocycles. The van der Waals surface area contributed by atoms with Crippen molar-refractivity contribution in [3.8, 4) is 0 Å². The van der Waals surface area contributed by atoms with Crippen molar-refractivity contribution in [1.82, 2.24) is 0 Å². The first-order chi connectivity index (χ1) is 48.7. The predicted octanol–water partition coefficient (Wildman–Crippen LogP) is 21.9. The molecule has 0 amide bonds. The van der Waals surface area contributed by atoms with Crippen molar-refractivity contribution in [3.05, 3.63) is 146 Å². The molecular weight excluding hydrogens is 1310 g/mol. The molecular formula is C81H134O17P2. The van der Waals surface area contributed by atoms with Crippen LogP contribution in [0.4, 0.5) is 0 Å². The summed E-state index contributed by atoms with van der Waals surface area (Å²) in [5, 5.41) is 10.6. The number of hydrogen-bond acceptors (Lipinski definition) is 15. The fraction of sp³-hybridized carbons (Fsp3) is 0.654. The topological polar surface area (TPSA) is 237 Å². The van der Waals surface area contributed by atoms with Crippen LogP contribution in [0.5, 0.6) is 0 Å². The lowest BCUT2D eigenvalue weighted by molar-refractivity contribution is -0.161. The van der Waals surface area contributed by atoms with E-state index in [1.807, 2.05) is 36.5 Å². The maximum Gasteiger partial charge on any atom is 0.472 e. The number of aliphatic hydroxyl groups is 1. The molecule has 570 valence electrons. The lowest BCUT2D eigenvalue weighted by Gasteiger charge is -2.21. The van der Waals surface area contributed by atoms with Crippen molar-refractivity contribution in [2.75, 3.05) is 39.6 Å². The molecule has 0 aromatic heterocycles. The Balaban J connectivity index is 5.47. The minimum Gasteiger partial charge on any atom is -0.462 e. The molecule has 0 aliphatic heterocycles. The van der Waals surface area contributed by atoms with Crippen LogP contribution in [-0.4, -0.2) is 96.7 Å². The molecule has 0 bridgehead atoms. The Morgan fingerprint density at radius 1 is 0.300 bits per heavy atom. The van der Waals surface area contributed by atoms with Crippen LogP contribution >= 0.6 is 15.6 Å². The fourth-order valence-corrected chi connectivity index (χ4v) is 11.2. The molecule has 0 fully saturated rings. The van der Waals surface area contributed by atoms with Gasteiger partial charge in [-0.1, -0.05) is 289 Å². The fourth-order valence-electron chi connectivity index (χ4n) is 9.61. The number of aliphatic hydroxyl groups excluding tert-OH is 1. The van der Waals surface area contributed by atoms with Gasteiger partial charge in [0.2, 0.25) is 0 Å². The lowest BCUT2D eigenvalue weighted by atomic mass is 10.0. The van der Waals surface area contributed by atoms with Gasteiger partial charge in [-0.05, 0) is 116 Å². The summed E-state index contributed by atoms with van der Waals surface area (Å²) in [5.74, 6) is -2.43. The van der Waals surface area contributed by atoms with Gasteiger partial charge in [0.25, 0.3) is 0 Å². The Labute approximate surface area is 605 Å². The van der Waals surface area contributed by atoms with Gasteiger partial charge in [-0.2, -0.15) is 0 Å². The van der Waals surface area contributed by atoms with Crippen LogP contribution in [0.25, 0.3) is 0 Å². The zero-order valence-corrected chi connectivity index (χ0v) is 63.9. The van der Waals surface area contributed by atoms with E-state index in [0.29, 0.717) is 32.1 Å². The number of ether oxygens (including phenoxy) is 4. The van der Waals surface area contributed by atoms with Gasteiger partial charge in [-0.3, -0.25) is 37.3 Å². The van der Waals surface area contributed by atoms with Crippen molar-refractivity contribution in [3.63, 3.8) is 0 Å². The minimum absolute atomic E-state index is 0.0296. The molecule has 0 heterocycles. The second kappa shape index (κ2) is 72.3. The summed E-state index contributed by atoms with van der Waals surface area (Å²) in [6.45, 7) is 4.41. The number of phosphoric ester groups is 2. The Morgan fingerprint density at radius 2 is 0.580 bits per heavy atom. The maximum absolute atomic E-state index is 13.1. The lowest BCUT2D eigenvalue weighted by Crippen LogP contribution is -2.30. The van der Waals surface area contributed by atoms with E-state index in [9.17, 15) is 43.2 Å². The molecule has 0 aromatic carbocycles. The van der Waals surface area contributed by atoms with Crippen molar-refractivity contribution < 1.29 is 80.2 Å². The average molecular weight is 1440 g/mol. The van der Waals surface area contributed by atoms with Gasteiger partial charge in [0.1, 0.15) is 19.3 Å². The highest BCUT2D eigenvalue weighted by molar-refractivity contribution is 7.47. The standard InChI is InChI=1S/C81H134O17P2/c1-5-9-13-17-21-25-29-33-35-36-37-38-40-44-46-50-54-58-62-66-79(84)92-72-77(98-81(86)68-64-60-56-52-48-42-32-28-24-20-16-12-8-4)74-96-100(89,90)94-70-75(82)69-93-99(87,88)95-73-76(97-80(85)67-63-59-55-51-47-41-31-27-23-19-15-11-7-3)71-91-78(83)65-61-57-53-49-45-43-39-34-30-26-22-18-14-10-6-2/h9-10,13-14,21-22,25-26,28,32-35,37-39,44-46,49,54,57-58,61,75-77,82H,5-8,11-12,15-20,23-24,27,29-31,36,40-43,47-48,50-53,55-56,59-60,62-74H2,1-4H3,(H,87,88)(H,89,90)/b13-9-,14-10-,25-21-,26-22-,32-28-,35-33-,38-37-,39-34-,46-44-,49-45-,58-54-,61-57-. The second-order valence-corrected chi connectivity index (χ2v) is 27.8. The number of rotatable bonds is 70. The minimum atomic E-state index is -5.00. The molecule has 0 radical (unpaired) electrons. The summed E-state index contributed by atoms with van der Waals surface area (Å²) < 4.78 is 68.2. The number of hydrogen-bond donors (Lipinski definition) is 3. The van der Waals surface area contributed by atoms with Crippen molar-refractivity contribution in [2.24, 2.45) is 0 Å². The molecule has 5 unspecified atom stereocenters. The monoisotopic (exact) mass is 1440 g/mol. The van der Waals surface area contributed by atoms with E-state index in [2.05, 4.69) is 131 Å². The molecule has 0 aliphatic rings. The highest BCUT2D eigenvalue weighted by atomic mass is 31.2. The third-order valence-corrected chi connectivity index (χ3v) is 17.2. The summed E-state index contributed by atoms with van der Waals surface area (Å²) in [5.41, 5.74) is 0. The van der Waals surface area contributed by atoms with Gasteiger partial charge in [0, 0.05) is 19.3 Å². The van der Waals surface area contributed by atoms with E-state index >= 15 is 0 Å². The second-order valence-electron chi connectivity index (χ2n) is 24.8. The molecule has 0 aromatic rings. The molecule has 0 saturated carbocycles. The van der Waals surface area contributed by atoms with Crippen LogP contribution in [0.15, 0.2) is 146 Å². The Bertz CT molecular complexity index is 2470. The number of unbranched alkanes of at least 4 members (excludes halogenated alkanes) is 21. The van der Waals surface area contributed by atoms with Crippen LogP contribution in [0, 0.1) is 0 Å². The maximum atomic E-state index is 13.1. The normalized spacial score (nSPS) is 14.8. The molecule has 100 heavy (non-hydrogen) atoms. The summed E-state index contributed by atoms with van der Waals surface area (Å²) in [7, 11) is -10.00. The molecule has 19 heteroatoms. The van der Waals surface area contributed by atoms with Gasteiger partial charge >= 0.3 is 39.5 Å². The van der Waals surface area contributed by atoms with Crippen LogP contribution in [-0.2, 0) is 65.4 Å². The van der Waals surface area contributed by atoms with E-state index < -0.39 is 97.5 Å². The first-order valence-electron chi connectivity index (χ1n) is 38.1. The van der Waals surface area contributed by atoms with Crippen LogP contribution in [0.1, 0.15) is 285 Å². The predicted molar refractivity (Wildman–Crippen MR) is 408 cm³/mol. The third-order valence-electron chi connectivity index (χ3n) is 15.3. The smallest absolute Gasteiger partial charge is 0.462 e. The number of esters is 4. The summed E-state index contributed by atoms with van der Waals surface area (Å²) in [6.07, 6.45) is 81.7. The zero-order valence-electron chi connectivity index (χ0n) is 62.1. The van der Waals surface area contributed by atoms with Crippen molar-refractivity contribution in [1.29, 1.82) is 0 Å². The third kappa shape index (κ3) is 71.3. The Hall–Kier alpha value is -5.06. The molecule has 0 rings (SSSR count). The largest absolute Gasteiger partial charge is 0.472 e. The number of carbonyl (C=O) groups excluding carboxylic acids is 4. The van der Waals surface area contributed by atoms with Crippen LogP contribution in [0.3, 0.4) is 0 Å². The first-order valence-corrected chi connectivity index (χ1v) is 41.1. The highest BCUT2D eigenvalue weighted by Crippen LogP contribution is 2.45. The number of carbonyl (C=O) groups is 4. The SMILES string of the molecule is CC/C=C\C/C=C\C/C=C\C/C=C\C/C=C\C/C=C\CCC(=O)OCC(COP(=O)(O)OCC(O)COP(=O)(O)OCC(COC(=O)C/C=C\C/C=C\C/C=C\C/C=C\C/C=C\CC)OC(=O)CCCCCCCCCCCCCCC)OC(=O)CCCCCCC/C=C\CCCCCC. The zero-order chi connectivity index (χ0) is 73.2. The van der Waals surface area contributed by atoms with Crippen LogP contribution < -0.4 is 0 Å². The van der Waals surface area contributed by atoms with E-state index in [1.165, 1.54) is 77.0 Å². The van der Waals surface area contributed by atoms with E-state index in [-0.39, 0.29) is 25.7 Å². The summed E-state index contributed by atoms with van der Waals surface area (Å²) >= 11 is 0. The van der Waals surface area contributed by atoms with Crippen molar-refractivity contribution >= 4 is 39.5 Å². The Kier molecular flexibility index (Phi) is 68.6. The van der Waals surface area contributed by atoms with E-state index in [0.717, 1.165) is 122 Å². The van der Waals surface area contributed by atoms with Gasteiger partial charge in [0.05, 0.1) is 32.8 Å². The van der Waals surface area contributed by atoms with Gasteiger partial charge in [-0.25, -0.2) is 9.13 Å². The van der Waals surface area contributed by atoms with E-state index in [4.69, 9.17) is 37.0 Å². The molecule has 5 atom stereocenters. The van der Waals surface area contributed by atoms with Crippen LogP contribution in [0.2, 0.25) is 0 Å². The van der Waals surface area contributed by atoms with Gasteiger partial charge < -0.3 is 33.8 Å². The van der Waals surface area contributed by atoms with Gasteiger partial charge in [0.15, 0.2) is 12.2 Å².